The molecule has 0 aromatic heterocycles. The molecule has 1 aromatic carbocycles. The summed E-state index contributed by atoms with van der Waals surface area (Å²) in [5, 5.41) is 4.32. The highest BCUT2D eigenvalue weighted by Crippen LogP contribution is 2.23. The lowest BCUT2D eigenvalue weighted by molar-refractivity contribution is 0.251. The van der Waals surface area contributed by atoms with Gasteiger partial charge in [0.1, 0.15) is 12.4 Å². The lowest BCUT2D eigenvalue weighted by Gasteiger charge is -2.29. The molecule has 100 valence electrons. The molecule has 2 unspecified atom stereocenters. The zero-order valence-electron chi connectivity index (χ0n) is 11.0. The highest BCUT2D eigenvalue weighted by Gasteiger charge is 2.20. The van der Waals surface area contributed by atoms with Gasteiger partial charge in [0.25, 0.3) is 0 Å². The number of ether oxygens (including phenoxy) is 1. The number of hydrogen-bond donors (Lipinski definition) is 1. The van der Waals surface area contributed by atoms with Crippen LogP contribution in [0.5, 0.6) is 5.75 Å². The van der Waals surface area contributed by atoms with E-state index in [0.29, 0.717) is 12.6 Å². The van der Waals surface area contributed by atoms with Gasteiger partial charge in [0.05, 0.1) is 0 Å². The van der Waals surface area contributed by atoms with Crippen molar-refractivity contribution < 1.29 is 4.74 Å². The first-order valence-corrected chi connectivity index (χ1v) is 7.25. The van der Waals surface area contributed by atoms with E-state index in [1.165, 1.54) is 25.7 Å². The topological polar surface area (TPSA) is 21.3 Å². The minimum absolute atomic E-state index is 0.668. The molecule has 0 aliphatic heterocycles. The van der Waals surface area contributed by atoms with E-state index >= 15 is 0 Å². The SMILES string of the molecule is CC1CCCCC1NCCOc1cccc(Cl)c1. The first-order valence-electron chi connectivity index (χ1n) is 6.87. The molecule has 0 heterocycles. The second-order valence-corrected chi connectivity index (χ2v) is 5.56. The molecule has 1 aliphatic rings. The second kappa shape index (κ2) is 7.01. The Balaban J connectivity index is 1.66. The summed E-state index contributed by atoms with van der Waals surface area (Å²) >= 11 is 5.90. The molecule has 1 saturated carbocycles. The Hall–Kier alpha value is -0.730. The molecule has 1 N–H and O–H groups in total. The molecule has 1 fully saturated rings. The molecule has 1 aliphatic carbocycles. The van der Waals surface area contributed by atoms with Crippen LogP contribution in [0.4, 0.5) is 0 Å². The third-order valence-electron chi connectivity index (χ3n) is 3.68. The van der Waals surface area contributed by atoms with Crippen molar-refractivity contribution >= 4 is 11.6 Å². The molecule has 2 nitrogen and oxygen atoms in total. The quantitative estimate of drug-likeness (QED) is 0.818. The van der Waals surface area contributed by atoms with Gasteiger partial charge in [-0.2, -0.15) is 0 Å². The van der Waals surface area contributed by atoms with Crippen molar-refractivity contribution in [3.63, 3.8) is 0 Å². The first-order chi connectivity index (χ1) is 8.75. The molecule has 2 atom stereocenters. The van der Waals surface area contributed by atoms with Crippen molar-refractivity contribution in [3.05, 3.63) is 29.3 Å². The summed E-state index contributed by atoms with van der Waals surface area (Å²) in [4.78, 5) is 0. The van der Waals surface area contributed by atoms with Crippen molar-refractivity contribution in [1.82, 2.24) is 5.32 Å². The van der Waals surface area contributed by atoms with Gasteiger partial charge in [-0.1, -0.05) is 37.4 Å². The average Bonchev–Trinajstić information content (AvgIpc) is 2.37. The van der Waals surface area contributed by atoms with Gasteiger partial charge >= 0.3 is 0 Å². The molecule has 18 heavy (non-hydrogen) atoms. The van der Waals surface area contributed by atoms with Crippen LogP contribution in [0.15, 0.2) is 24.3 Å². The monoisotopic (exact) mass is 267 g/mol. The second-order valence-electron chi connectivity index (χ2n) is 5.13. The number of nitrogens with one attached hydrogen (secondary N) is 1. The van der Waals surface area contributed by atoms with Crippen LogP contribution >= 0.6 is 11.6 Å². The Bertz CT molecular complexity index is 369. The maximum atomic E-state index is 5.90. The van der Waals surface area contributed by atoms with Crippen molar-refractivity contribution in [1.29, 1.82) is 0 Å². The normalized spacial score (nSPS) is 23.9. The zero-order valence-corrected chi connectivity index (χ0v) is 11.7. The predicted molar refractivity (Wildman–Crippen MR) is 76.4 cm³/mol. The van der Waals surface area contributed by atoms with Crippen molar-refractivity contribution in [2.75, 3.05) is 13.2 Å². The molecule has 0 radical (unpaired) electrons. The smallest absolute Gasteiger partial charge is 0.120 e. The summed E-state index contributed by atoms with van der Waals surface area (Å²) in [6.45, 7) is 3.94. The van der Waals surface area contributed by atoms with Crippen molar-refractivity contribution in [2.45, 2.75) is 38.6 Å². The van der Waals surface area contributed by atoms with Crippen LogP contribution in [0.3, 0.4) is 0 Å². The van der Waals surface area contributed by atoms with Crippen molar-refractivity contribution in [2.24, 2.45) is 5.92 Å². The Morgan fingerprint density at radius 2 is 2.17 bits per heavy atom. The Morgan fingerprint density at radius 1 is 1.33 bits per heavy atom. The van der Waals surface area contributed by atoms with Gasteiger partial charge in [-0.15, -0.1) is 0 Å². The van der Waals surface area contributed by atoms with Crippen LogP contribution in [0, 0.1) is 5.92 Å². The van der Waals surface area contributed by atoms with Crippen molar-refractivity contribution in [3.8, 4) is 5.75 Å². The van der Waals surface area contributed by atoms with Crippen LogP contribution in [-0.2, 0) is 0 Å². The summed E-state index contributed by atoms with van der Waals surface area (Å²) in [5.74, 6) is 1.64. The molecule has 0 bridgehead atoms. The minimum atomic E-state index is 0.668. The van der Waals surface area contributed by atoms with Crippen LogP contribution in [0.1, 0.15) is 32.6 Å². The van der Waals surface area contributed by atoms with E-state index in [4.69, 9.17) is 16.3 Å². The van der Waals surface area contributed by atoms with Crippen LogP contribution < -0.4 is 10.1 Å². The fourth-order valence-electron chi connectivity index (χ4n) is 2.59. The third kappa shape index (κ3) is 4.18. The van der Waals surface area contributed by atoms with E-state index in [1.54, 1.807) is 0 Å². The standard InChI is InChI=1S/C15H22ClNO/c1-12-5-2-3-8-15(12)17-9-10-18-14-7-4-6-13(16)11-14/h4,6-7,11-12,15,17H,2-3,5,8-10H2,1H3. The zero-order chi connectivity index (χ0) is 12.8. The molecule has 0 spiro atoms. The highest BCUT2D eigenvalue weighted by atomic mass is 35.5. The third-order valence-corrected chi connectivity index (χ3v) is 3.92. The largest absolute Gasteiger partial charge is 0.492 e. The van der Waals surface area contributed by atoms with Gasteiger partial charge in [-0.25, -0.2) is 0 Å². The molecule has 2 rings (SSSR count). The van der Waals surface area contributed by atoms with Crippen LogP contribution in [-0.4, -0.2) is 19.2 Å². The van der Waals surface area contributed by atoms with E-state index in [-0.39, 0.29) is 0 Å². The summed E-state index contributed by atoms with van der Waals surface area (Å²) in [6.07, 6.45) is 5.40. The number of rotatable bonds is 5. The lowest BCUT2D eigenvalue weighted by atomic mass is 9.86. The maximum Gasteiger partial charge on any atom is 0.120 e. The molecular weight excluding hydrogens is 246 g/mol. The molecular formula is C15H22ClNO. The lowest BCUT2D eigenvalue weighted by Crippen LogP contribution is -2.39. The van der Waals surface area contributed by atoms with Gasteiger partial charge in [-0.3, -0.25) is 0 Å². The molecule has 3 heteroatoms. The average molecular weight is 268 g/mol. The van der Waals surface area contributed by atoms with E-state index in [2.05, 4.69) is 12.2 Å². The predicted octanol–water partition coefficient (Wildman–Crippen LogP) is 3.89. The van der Waals surface area contributed by atoms with E-state index < -0.39 is 0 Å². The van der Waals surface area contributed by atoms with Gasteiger partial charge in [0.2, 0.25) is 0 Å². The number of hydrogen-bond acceptors (Lipinski definition) is 2. The summed E-state index contributed by atoms with van der Waals surface area (Å²) < 4.78 is 5.67. The Morgan fingerprint density at radius 3 is 2.94 bits per heavy atom. The molecule has 0 amide bonds. The Labute approximate surface area is 115 Å². The number of benzene rings is 1. The fraction of sp³-hybridized carbons (Fsp3) is 0.600. The Kier molecular flexibility index (Phi) is 5.33. The van der Waals surface area contributed by atoms with E-state index in [9.17, 15) is 0 Å². The van der Waals surface area contributed by atoms with E-state index in [1.807, 2.05) is 24.3 Å². The van der Waals surface area contributed by atoms with Gasteiger partial charge in [0.15, 0.2) is 0 Å². The maximum absolute atomic E-state index is 5.90. The fourth-order valence-corrected chi connectivity index (χ4v) is 2.77. The van der Waals surface area contributed by atoms with Gasteiger partial charge < -0.3 is 10.1 Å². The number of halogens is 1. The molecule has 1 aromatic rings. The summed E-state index contributed by atoms with van der Waals surface area (Å²) in [7, 11) is 0. The summed E-state index contributed by atoms with van der Waals surface area (Å²) in [6, 6.07) is 8.23. The summed E-state index contributed by atoms with van der Waals surface area (Å²) in [5.41, 5.74) is 0. The minimum Gasteiger partial charge on any atom is -0.492 e. The first kappa shape index (κ1) is 13.7. The van der Waals surface area contributed by atoms with E-state index in [0.717, 1.165) is 23.2 Å². The van der Waals surface area contributed by atoms with Gasteiger partial charge in [-0.05, 0) is 37.0 Å². The van der Waals surface area contributed by atoms with Crippen LogP contribution in [0.2, 0.25) is 5.02 Å². The van der Waals surface area contributed by atoms with Crippen LogP contribution in [0.25, 0.3) is 0 Å². The van der Waals surface area contributed by atoms with Gasteiger partial charge in [0, 0.05) is 17.6 Å². The molecule has 0 saturated heterocycles. The highest BCUT2D eigenvalue weighted by molar-refractivity contribution is 6.30.